The number of para-hydroxylation sites is 1. The summed E-state index contributed by atoms with van der Waals surface area (Å²) in [6, 6.07) is 12.0. The van der Waals surface area contributed by atoms with Gasteiger partial charge in [-0.3, -0.25) is 9.59 Å². The number of hydrogen-bond acceptors (Lipinski definition) is 4. The summed E-state index contributed by atoms with van der Waals surface area (Å²) in [5, 5.41) is 0.0492. The van der Waals surface area contributed by atoms with E-state index in [0.29, 0.717) is 5.69 Å². The quantitative estimate of drug-likeness (QED) is 0.658. The SMILES string of the molecule is Nc1ccc(S[C@@H]2CC(=O)N(c3c(Cl)cccc3Cl)C2=O)cc1. The van der Waals surface area contributed by atoms with Crippen LogP contribution in [0, 0.1) is 0 Å². The second-order valence-corrected chi connectivity index (χ2v) is 7.11. The molecular weight excluding hydrogens is 355 g/mol. The molecule has 0 aromatic heterocycles. The van der Waals surface area contributed by atoms with Crippen LogP contribution in [0.1, 0.15) is 6.42 Å². The molecule has 0 bridgehead atoms. The number of hydrogen-bond donors (Lipinski definition) is 1. The molecule has 1 heterocycles. The van der Waals surface area contributed by atoms with Gasteiger partial charge in [0.25, 0.3) is 0 Å². The molecular formula is C16H12Cl2N2O2S. The van der Waals surface area contributed by atoms with Crippen LogP contribution >= 0.6 is 35.0 Å². The smallest absolute Gasteiger partial charge is 0.247 e. The number of imide groups is 1. The number of benzene rings is 2. The van der Waals surface area contributed by atoms with E-state index in [1.807, 2.05) is 12.1 Å². The third-order valence-electron chi connectivity index (χ3n) is 3.42. The van der Waals surface area contributed by atoms with Crippen molar-refractivity contribution in [3.63, 3.8) is 0 Å². The Bertz CT molecular complexity index is 760. The van der Waals surface area contributed by atoms with Crippen molar-refractivity contribution >= 4 is 58.2 Å². The third kappa shape index (κ3) is 3.17. The lowest BCUT2D eigenvalue weighted by Gasteiger charge is -2.17. The Kier molecular flexibility index (Phi) is 4.53. The number of anilines is 2. The highest BCUT2D eigenvalue weighted by atomic mass is 35.5. The summed E-state index contributed by atoms with van der Waals surface area (Å²) in [6.07, 6.45) is 0.107. The Balaban J connectivity index is 1.87. The predicted molar refractivity (Wildman–Crippen MR) is 94.1 cm³/mol. The van der Waals surface area contributed by atoms with Crippen molar-refractivity contribution in [3.05, 3.63) is 52.5 Å². The van der Waals surface area contributed by atoms with Crippen molar-refractivity contribution in [2.24, 2.45) is 0 Å². The van der Waals surface area contributed by atoms with Crippen molar-refractivity contribution in [2.45, 2.75) is 16.6 Å². The molecule has 0 saturated carbocycles. The molecule has 7 heteroatoms. The maximum absolute atomic E-state index is 12.6. The summed E-state index contributed by atoms with van der Waals surface area (Å²) < 4.78 is 0. The molecule has 118 valence electrons. The van der Waals surface area contributed by atoms with Crippen LogP contribution in [0.25, 0.3) is 0 Å². The van der Waals surface area contributed by atoms with Crippen LogP contribution in [0.2, 0.25) is 10.0 Å². The number of nitrogens with zero attached hydrogens (tertiary/aromatic N) is 1. The Morgan fingerprint density at radius 3 is 2.26 bits per heavy atom. The first-order valence-corrected chi connectivity index (χ1v) is 8.44. The van der Waals surface area contributed by atoms with E-state index >= 15 is 0 Å². The molecule has 1 saturated heterocycles. The second kappa shape index (κ2) is 6.43. The first kappa shape index (κ1) is 16.2. The normalized spacial score (nSPS) is 17.8. The summed E-state index contributed by atoms with van der Waals surface area (Å²) in [5.74, 6) is -0.621. The van der Waals surface area contributed by atoms with Crippen LogP contribution in [-0.2, 0) is 9.59 Å². The molecule has 0 aliphatic carbocycles. The minimum absolute atomic E-state index is 0.107. The van der Waals surface area contributed by atoms with Gasteiger partial charge in [0, 0.05) is 17.0 Å². The third-order valence-corrected chi connectivity index (χ3v) is 5.23. The number of thioether (sulfide) groups is 1. The van der Waals surface area contributed by atoms with Crippen molar-refractivity contribution < 1.29 is 9.59 Å². The molecule has 1 aliphatic heterocycles. The zero-order chi connectivity index (χ0) is 16.6. The molecule has 0 spiro atoms. The lowest BCUT2D eigenvalue weighted by atomic mass is 10.3. The minimum Gasteiger partial charge on any atom is -0.399 e. The van der Waals surface area contributed by atoms with E-state index in [1.165, 1.54) is 11.8 Å². The fourth-order valence-electron chi connectivity index (χ4n) is 2.34. The largest absolute Gasteiger partial charge is 0.399 e. The maximum atomic E-state index is 12.6. The Morgan fingerprint density at radius 2 is 1.65 bits per heavy atom. The highest BCUT2D eigenvalue weighted by Crippen LogP contribution is 2.40. The van der Waals surface area contributed by atoms with E-state index in [0.717, 1.165) is 9.80 Å². The van der Waals surface area contributed by atoms with Crippen LogP contribution in [-0.4, -0.2) is 17.1 Å². The van der Waals surface area contributed by atoms with Crippen LogP contribution < -0.4 is 10.6 Å². The molecule has 2 amide bonds. The van der Waals surface area contributed by atoms with Crippen LogP contribution in [0.15, 0.2) is 47.4 Å². The van der Waals surface area contributed by atoms with Gasteiger partial charge in [0.1, 0.15) is 0 Å². The molecule has 1 aliphatic rings. The van der Waals surface area contributed by atoms with Gasteiger partial charge >= 0.3 is 0 Å². The molecule has 1 atom stereocenters. The zero-order valence-electron chi connectivity index (χ0n) is 11.8. The number of carbonyl (C=O) groups is 2. The van der Waals surface area contributed by atoms with Crippen molar-refractivity contribution in [2.75, 3.05) is 10.6 Å². The average molecular weight is 367 g/mol. The van der Waals surface area contributed by atoms with Gasteiger partial charge in [-0.2, -0.15) is 0 Å². The molecule has 23 heavy (non-hydrogen) atoms. The van der Waals surface area contributed by atoms with Crippen molar-refractivity contribution in [1.29, 1.82) is 0 Å². The lowest BCUT2D eigenvalue weighted by Crippen LogP contribution is -2.31. The Morgan fingerprint density at radius 1 is 1.04 bits per heavy atom. The number of amides is 2. The van der Waals surface area contributed by atoms with E-state index in [-0.39, 0.29) is 34.0 Å². The molecule has 3 rings (SSSR count). The van der Waals surface area contributed by atoms with E-state index in [2.05, 4.69) is 0 Å². The lowest BCUT2D eigenvalue weighted by molar-refractivity contribution is -0.121. The predicted octanol–water partition coefficient (Wildman–Crippen LogP) is 4.00. The van der Waals surface area contributed by atoms with E-state index in [1.54, 1.807) is 30.3 Å². The highest BCUT2D eigenvalue weighted by Gasteiger charge is 2.41. The first-order chi connectivity index (χ1) is 11.0. The summed E-state index contributed by atoms with van der Waals surface area (Å²) in [7, 11) is 0. The van der Waals surface area contributed by atoms with Gasteiger partial charge in [-0.1, -0.05) is 29.3 Å². The maximum Gasteiger partial charge on any atom is 0.247 e. The van der Waals surface area contributed by atoms with Crippen molar-refractivity contribution in [3.8, 4) is 0 Å². The summed E-state index contributed by atoms with van der Waals surface area (Å²) in [4.78, 5) is 26.9. The van der Waals surface area contributed by atoms with E-state index < -0.39 is 5.25 Å². The summed E-state index contributed by atoms with van der Waals surface area (Å²) in [5.41, 5.74) is 6.55. The number of nitrogens with two attached hydrogens (primary N) is 1. The fourth-order valence-corrected chi connectivity index (χ4v) is 3.96. The van der Waals surface area contributed by atoms with Gasteiger partial charge in [0.2, 0.25) is 11.8 Å². The fraction of sp³-hybridized carbons (Fsp3) is 0.125. The molecule has 0 unspecified atom stereocenters. The first-order valence-electron chi connectivity index (χ1n) is 6.80. The monoisotopic (exact) mass is 366 g/mol. The minimum atomic E-state index is -0.501. The van der Waals surface area contributed by atoms with Crippen LogP contribution in [0.4, 0.5) is 11.4 Å². The Labute approximate surface area is 147 Å². The number of rotatable bonds is 3. The summed E-state index contributed by atoms with van der Waals surface area (Å²) >= 11 is 13.6. The van der Waals surface area contributed by atoms with Gasteiger partial charge in [0.05, 0.1) is 21.0 Å². The van der Waals surface area contributed by atoms with Gasteiger partial charge < -0.3 is 5.73 Å². The molecule has 0 radical (unpaired) electrons. The Hall–Kier alpha value is -1.69. The highest BCUT2D eigenvalue weighted by molar-refractivity contribution is 8.00. The average Bonchev–Trinajstić information content (AvgIpc) is 2.77. The second-order valence-electron chi connectivity index (χ2n) is 5.02. The van der Waals surface area contributed by atoms with Gasteiger partial charge in [-0.25, -0.2) is 4.90 Å². The topological polar surface area (TPSA) is 63.4 Å². The van der Waals surface area contributed by atoms with Crippen LogP contribution in [0.3, 0.4) is 0 Å². The van der Waals surface area contributed by atoms with Gasteiger partial charge in [-0.15, -0.1) is 11.8 Å². The zero-order valence-corrected chi connectivity index (χ0v) is 14.2. The van der Waals surface area contributed by atoms with E-state index in [4.69, 9.17) is 28.9 Å². The molecule has 1 fully saturated rings. The number of halogens is 2. The summed E-state index contributed by atoms with van der Waals surface area (Å²) in [6.45, 7) is 0. The molecule has 2 aromatic rings. The molecule has 2 aromatic carbocycles. The van der Waals surface area contributed by atoms with Crippen molar-refractivity contribution in [1.82, 2.24) is 0 Å². The molecule has 2 N–H and O–H groups in total. The van der Waals surface area contributed by atoms with Gasteiger partial charge in [0.15, 0.2) is 0 Å². The molecule has 4 nitrogen and oxygen atoms in total. The number of carbonyl (C=O) groups excluding carboxylic acids is 2. The number of nitrogen functional groups attached to an aromatic ring is 1. The van der Waals surface area contributed by atoms with Gasteiger partial charge in [-0.05, 0) is 36.4 Å². The van der Waals surface area contributed by atoms with Crippen LogP contribution in [0.5, 0.6) is 0 Å². The standard InChI is InChI=1S/C16H12Cl2N2O2S/c17-11-2-1-3-12(18)15(11)20-14(21)8-13(16(20)22)23-10-6-4-9(19)5-7-10/h1-7,13H,8,19H2/t13-/m1/s1. The van der Waals surface area contributed by atoms with E-state index in [9.17, 15) is 9.59 Å².